The van der Waals surface area contributed by atoms with Crippen LogP contribution in [0.4, 0.5) is 18.9 Å². The van der Waals surface area contributed by atoms with E-state index in [0.717, 1.165) is 25.0 Å². The predicted molar refractivity (Wildman–Crippen MR) is 79.7 cm³/mol. The first kappa shape index (κ1) is 15.7. The lowest BCUT2D eigenvalue weighted by Crippen LogP contribution is -2.08. The van der Waals surface area contributed by atoms with Crippen LogP contribution in [0.3, 0.4) is 0 Å². The molecular weight excluding hydrogens is 299 g/mol. The number of benzene rings is 2. The van der Waals surface area contributed by atoms with Crippen molar-refractivity contribution in [3.63, 3.8) is 0 Å². The molecule has 21 heavy (non-hydrogen) atoms. The summed E-state index contributed by atoms with van der Waals surface area (Å²) in [7, 11) is 0. The van der Waals surface area contributed by atoms with E-state index in [1.54, 1.807) is 0 Å². The molecule has 0 aliphatic carbocycles. The lowest BCUT2D eigenvalue weighted by atomic mass is 10.1. The fraction of sp³-hybridized carbons (Fsp3) is 0.250. The van der Waals surface area contributed by atoms with Gasteiger partial charge in [-0.2, -0.15) is 13.2 Å². The molecule has 0 atom stereocenters. The molecule has 112 valence electrons. The summed E-state index contributed by atoms with van der Waals surface area (Å²) < 4.78 is 38.0. The van der Waals surface area contributed by atoms with Gasteiger partial charge in [0.25, 0.3) is 0 Å². The number of anilines is 1. The van der Waals surface area contributed by atoms with E-state index in [9.17, 15) is 13.2 Å². The van der Waals surface area contributed by atoms with Gasteiger partial charge in [0.2, 0.25) is 0 Å². The fourth-order valence-corrected chi connectivity index (χ4v) is 2.26. The molecule has 0 amide bonds. The first-order valence-corrected chi connectivity index (χ1v) is 6.98. The summed E-state index contributed by atoms with van der Waals surface area (Å²) >= 11 is 5.72. The maximum absolute atomic E-state index is 12.7. The Bertz CT molecular complexity index is 582. The van der Waals surface area contributed by atoms with Gasteiger partial charge in [-0.3, -0.25) is 0 Å². The van der Waals surface area contributed by atoms with Gasteiger partial charge in [-0.15, -0.1) is 0 Å². The van der Waals surface area contributed by atoms with Gasteiger partial charge < -0.3 is 5.32 Å². The van der Waals surface area contributed by atoms with Gasteiger partial charge in [0, 0.05) is 17.3 Å². The van der Waals surface area contributed by atoms with Crippen LogP contribution < -0.4 is 5.32 Å². The number of aryl methyl sites for hydroxylation is 1. The van der Waals surface area contributed by atoms with E-state index >= 15 is 0 Å². The van der Waals surface area contributed by atoms with Crippen molar-refractivity contribution in [2.75, 3.05) is 11.9 Å². The summed E-state index contributed by atoms with van der Waals surface area (Å²) in [4.78, 5) is 0. The fourth-order valence-electron chi connectivity index (χ4n) is 2.03. The number of nitrogens with one attached hydrogen (secondary N) is 1. The zero-order valence-corrected chi connectivity index (χ0v) is 12.0. The number of halogens is 4. The Morgan fingerprint density at radius 1 is 1.00 bits per heavy atom. The summed E-state index contributed by atoms with van der Waals surface area (Å²) in [6, 6.07) is 13.4. The number of hydrogen-bond donors (Lipinski definition) is 1. The second-order valence-corrected chi connectivity index (χ2v) is 5.18. The van der Waals surface area contributed by atoms with Gasteiger partial charge >= 0.3 is 6.18 Å². The molecule has 0 fully saturated rings. The van der Waals surface area contributed by atoms with Crippen LogP contribution >= 0.6 is 11.6 Å². The van der Waals surface area contributed by atoms with E-state index in [-0.39, 0.29) is 5.02 Å². The summed E-state index contributed by atoms with van der Waals surface area (Å²) in [5.41, 5.74) is 0.866. The Balaban J connectivity index is 1.90. The second-order valence-electron chi connectivity index (χ2n) is 4.74. The lowest BCUT2D eigenvalue weighted by Gasteiger charge is -2.11. The van der Waals surface area contributed by atoms with Crippen molar-refractivity contribution >= 4 is 17.3 Å². The van der Waals surface area contributed by atoms with E-state index in [4.69, 9.17) is 11.6 Å². The van der Waals surface area contributed by atoms with E-state index < -0.39 is 11.7 Å². The molecular formula is C16H15ClF3N. The Labute approximate surface area is 126 Å². The Kier molecular flexibility index (Phi) is 5.12. The molecule has 0 saturated heterocycles. The first-order valence-electron chi connectivity index (χ1n) is 6.61. The lowest BCUT2D eigenvalue weighted by molar-refractivity contribution is -0.137. The zero-order chi connectivity index (χ0) is 15.3. The molecule has 2 aromatic rings. The molecule has 0 unspecified atom stereocenters. The molecule has 0 saturated carbocycles. The molecule has 2 rings (SSSR count). The predicted octanol–water partition coefficient (Wildman–Crippen LogP) is 5.40. The average Bonchev–Trinajstić information content (AvgIpc) is 2.43. The van der Waals surface area contributed by atoms with Crippen molar-refractivity contribution in [2.45, 2.75) is 19.0 Å². The number of rotatable bonds is 5. The molecule has 0 bridgehead atoms. The quantitative estimate of drug-likeness (QED) is 0.728. The van der Waals surface area contributed by atoms with Gasteiger partial charge in [0.15, 0.2) is 0 Å². The van der Waals surface area contributed by atoms with Gasteiger partial charge in [-0.05, 0) is 36.6 Å². The van der Waals surface area contributed by atoms with Crippen LogP contribution in [0.15, 0.2) is 48.5 Å². The Morgan fingerprint density at radius 3 is 2.38 bits per heavy atom. The third-order valence-corrected chi connectivity index (χ3v) is 3.26. The highest BCUT2D eigenvalue weighted by Gasteiger charge is 2.31. The highest BCUT2D eigenvalue weighted by atomic mass is 35.5. The van der Waals surface area contributed by atoms with E-state index in [0.29, 0.717) is 12.2 Å². The SMILES string of the molecule is FC(F)(F)c1cc(Cl)cc(NCCCc2ccccc2)c1. The van der Waals surface area contributed by atoms with Crippen LogP contribution in [-0.4, -0.2) is 6.54 Å². The summed E-state index contributed by atoms with van der Waals surface area (Å²) in [5, 5.41) is 3.06. The maximum atomic E-state index is 12.7. The molecule has 0 radical (unpaired) electrons. The van der Waals surface area contributed by atoms with Crippen molar-refractivity contribution in [1.29, 1.82) is 0 Å². The maximum Gasteiger partial charge on any atom is 0.416 e. The molecule has 1 nitrogen and oxygen atoms in total. The van der Waals surface area contributed by atoms with Gasteiger partial charge in [-0.25, -0.2) is 0 Å². The standard InChI is InChI=1S/C16H15ClF3N/c17-14-9-13(16(18,19)20)10-15(11-14)21-8-4-7-12-5-2-1-3-6-12/h1-3,5-6,9-11,21H,4,7-8H2. The number of alkyl halides is 3. The van der Waals surface area contributed by atoms with Gasteiger partial charge in [0.1, 0.15) is 0 Å². The molecule has 2 aromatic carbocycles. The smallest absolute Gasteiger partial charge is 0.385 e. The van der Waals surface area contributed by atoms with Crippen molar-refractivity contribution in [3.8, 4) is 0 Å². The third-order valence-electron chi connectivity index (χ3n) is 3.04. The van der Waals surface area contributed by atoms with E-state index in [1.807, 2.05) is 30.3 Å². The Hall–Kier alpha value is -1.68. The van der Waals surface area contributed by atoms with Crippen LogP contribution in [0.1, 0.15) is 17.5 Å². The van der Waals surface area contributed by atoms with Gasteiger partial charge in [0.05, 0.1) is 5.56 Å². The third kappa shape index (κ3) is 4.97. The Morgan fingerprint density at radius 2 is 1.71 bits per heavy atom. The van der Waals surface area contributed by atoms with Gasteiger partial charge in [-0.1, -0.05) is 41.9 Å². The van der Waals surface area contributed by atoms with Crippen LogP contribution in [-0.2, 0) is 12.6 Å². The van der Waals surface area contributed by atoms with Crippen molar-refractivity contribution in [3.05, 3.63) is 64.7 Å². The summed E-state index contributed by atoms with van der Waals surface area (Å²) in [6.45, 7) is 0.590. The molecule has 0 aliphatic heterocycles. The zero-order valence-electron chi connectivity index (χ0n) is 11.3. The summed E-state index contributed by atoms with van der Waals surface area (Å²) in [6.07, 6.45) is -2.68. The molecule has 5 heteroatoms. The van der Waals surface area contributed by atoms with Crippen molar-refractivity contribution < 1.29 is 13.2 Å². The minimum atomic E-state index is -4.38. The topological polar surface area (TPSA) is 12.0 Å². The van der Waals surface area contributed by atoms with Crippen LogP contribution in [0.2, 0.25) is 5.02 Å². The molecule has 0 aliphatic rings. The largest absolute Gasteiger partial charge is 0.416 e. The first-order chi connectivity index (χ1) is 9.95. The molecule has 0 heterocycles. The molecule has 1 N–H and O–H groups in total. The van der Waals surface area contributed by atoms with E-state index in [1.165, 1.54) is 11.6 Å². The molecule has 0 aromatic heterocycles. The van der Waals surface area contributed by atoms with Crippen LogP contribution in [0.25, 0.3) is 0 Å². The monoisotopic (exact) mass is 313 g/mol. The normalized spacial score (nSPS) is 11.4. The highest BCUT2D eigenvalue weighted by molar-refractivity contribution is 6.30. The average molecular weight is 314 g/mol. The van der Waals surface area contributed by atoms with Crippen LogP contribution in [0.5, 0.6) is 0 Å². The van der Waals surface area contributed by atoms with Crippen molar-refractivity contribution in [2.24, 2.45) is 0 Å². The van der Waals surface area contributed by atoms with Crippen LogP contribution in [0, 0.1) is 0 Å². The minimum Gasteiger partial charge on any atom is -0.385 e. The minimum absolute atomic E-state index is 0.0791. The highest BCUT2D eigenvalue weighted by Crippen LogP contribution is 2.33. The molecule has 0 spiro atoms. The summed E-state index contributed by atoms with van der Waals surface area (Å²) in [5.74, 6) is 0. The van der Waals surface area contributed by atoms with E-state index in [2.05, 4.69) is 5.32 Å². The number of hydrogen-bond acceptors (Lipinski definition) is 1. The second kappa shape index (κ2) is 6.85. The van der Waals surface area contributed by atoms with Crippen molar-refractivity contribution in [1.82, 2.24) is 0 Å².